The molecule has 0 saturated heterocycles. The summed E-state index contributed by atoms with van der Waals surface area (Å²) >= 11 is 1.14. The first kappa shape index (κ1) is 20.0. The van der Waals surface area contributed by atoms with Crippen molar-refractivity contribution in [2.45, 2.75) is 32.8 Å². The van der Waals surface area contributed by atoms with Gasteiger partial charge in [-0.3, -0.25) is 4.79 Å². The molecule has 0 N–H and O–H groups in total. The molecule has 2 aromatic carbocycles. The number of fused-ring (bicyclic) bond motifs is 1. The fraction of sp³-hybridized carbons (Fsp3) is 0.273. The molecule has 0 aliphatic rings. The summed E-state index contributed by atoms with van der Waals surface area (Å²) in [5, 5.41) is 0.305. The van der Waals surface area contributed by atoms with Gasteiger partial charge in [0.2, 0.25) is 0 Å². The molecule has 0 amide bonds. The number of hydrogen-bond acceptors (Lipinski definition) is 5. The van der Waals surface area contributed by atoms with E-state index in [1.165, 1.54) is 6.07 Å². The topological polar surface area (TPSA) is 52.6 Å². The van der Waals surface area contributed by atoms with Crippen LogP contribution in [0.1, 0.15) is 47.0 Å². The van der Waals surface area contributed by atoms with Crippen LogP contribution in [0.4, 0.5) is 4.39 Å². The molecule has 3 aromatic rings. The number of benzene rings is 2. The summed E-state index contributed by atoms with van der Waals surface area (Å²) in [7, 11) is 0. The van der Waals surface area contributed by atoms with E-state index in [-0.39, 0.29) is 30.4 Å². The predicted octanol–water partition coefficient (Wildman–Crippen LogP) is 5.45. The van der Waals surface area contributed by atoms with Gasteiger partial charge in [-0.1, -0.05) is 43.3 Å². The number of ether oxygens (including phenoxy) is 2. The Bertz CT molecular complexity index is 981. The molecule has 0 saturated carbocycles. The lowest BCUT2D eigenvalue weighted by atomic mass is 9.98. The maximum Gasteiger partial charge on any atom is 0.348 e. The van der Waals surface area contributed by atoms with Crippen molar-refractivity contribution >= 4 is 33.4 Å². The van der Waals surface area contributed by atoms with Crippen LogP contribution in [0.2, 0.25) is 0 Å². The van der Waals surface area contributed by atoms with Crippen LogP contribution in [-0.2, 0) is 20.9 Å². The summed E-state index contributed by atoms with van der Waals surface area (Å²) in [5.41, 5.74) is 1.40. The van der Waals surface area contributed by atoms with Crippen molar-refractivity contribution in [1.29, 1.82) is 0 Å². The third kappa shape index (κ3) is 4.39. The first-order valence-electron chi connectivity index (χ1n) is 9.08. The minimum atomic E-state index is -0.535. The van der Waals surface area contributed by atoms with E-state index < -0.39 is 17.8 Å². The maximum absolute atomic E-state index is 14.4. The Morgan fingerprint density at radius 3 is 2.54 bits per heavy atom. The fourth-order valence-electron chi connectivity index (χ4n) is 3.03. The van der Waals surface area contributed by atoms with E-state index in [2.05, 4.69) is 0 Å². The number of halogens is 1. The standard InChI is InChI=1S/C22H21FO4S/c1-3-26-22(25)21-16(20-17(23)10-7-11-18(20)28-21)13-27-19(24)12-14(2)15-8-5-4-6-9-15/h4-11,14H,3,12-13H2,1-2H3/t14-/m0/s1. The Hall–Kier alpha value is -2.73. The average molecular weight is 400 g/mol. The van der Waals surface area contributed by atoms with E-state index in [4.69, 9.17) is 9.47 Å². The molecule has 0 radical (unpaired) electrons. The second-order valence-corrected chi connectivity index (χ2v) is 7.47. The van der Waals surface area contributed by atoms with Gasteiger partial charge >= 0.3 is 11.9 Å². The molecule has 0 spiro atoms. The van der Waals surface area contributed by atoms with Crippen molar-refractivity contribution in [2.24, 2.45) is 0 Å². The average Bonchev–Trinajstić information content (AvgIpc) is 3.07. The van der Waals surface area contributed by atoms with Crippen LogP contribution in [0.15, 0.2) is 48.5 Å². The first-order chi connectivity index (χ1) is 13.5. The van der Waals surface area contributed by atoms with E-state index >= 15 is 0 Å². The van der Waals surface area contributed by atoms with Crippen molar-refractivity contribution in [3.63, 3.8) is 0 Å². The van der Waals surface area contributed by atoms with Crippen molar-refractivity contribution in [1.82, 2.24) is 0 Å². The number of carbonyl (C=O) groups is 2. The second kappa shape index (κ2) is 8.97. The first-order valence-corrected chi connectivity index (χ1v) is 9.90. The molecule has 1 heterocycles. The van der Waals surface area contributed by atoms with Crippen LogP contribution in [0.25, 0.3) is 10.1 Å². The molecule has 28 heavy (non-hydrogen) atoms. The van der Waals surface area contributed by atoms with Gasteiger partial charge in [-0.05, 0) is 30.5 Å². The smallest absolute Gasteiger partial charge is 0.348 e. The molecule has 0 aliphatic carbocycles. The van der Waals surface area contributed by atoms with Gasteiger partial charge in [0.1, 0.15) is 17.3 Å². The van der Waals surface area contributed by atoms with Gasteiger partial charge in [0.15, 0.2) is 0 Å². The zero-order valence-electron chi connectivity index (χ0n) is 15.7. The highest BCUT2D eigenvalue weighted by molar-refractivity contribution is 7.21. The molecule has 1 aromatic heterocycles. The van der Waals surface area contributed by atoms with Crippen molar-refractivity contribution in [3.8, 4) is 0 Å². The third-order valence-electron chi connectivity index (χ3n) is 4.44. The summed E-state index contributed by atoms with van der Waals surface area (Å²) in [6.45, 7) is 3.69. The molecular formula is C22H21FO4S. The van der Waals surface area contributed by atoms with Crippen molar-refractivity contribution in [2.75, 3.05) is 6.61 Å². The molecule has 0 unspecified atom stereocenters. The number of hydrogen-bond donors (Lipinski definition) is 0. The Morgan fingerprint density at radius 2 is 1.82 bits per heavy atom. The lowest BCUT2D eigenvalue weighted by Crippen LogP contribution is -2.11. The van der Waals surface area contributed by atoms with Crippen LogP contribution in [-0.4, -0.2) is 18.5 Å². The zero-order valence-corrected chi connectivity index (χ0v) is 16.6. The highest BCUT2D eigenvalue weighted by Crippen LogP contribution is 2.34. The fourth-order valence-corrected chi connectivity index (χ4v) is 4.14. The molecule has 0 bridgehead atoms. The van der Waals surface area contributed by atoms with Crippen LogP contribution in [0.3, 0.4) is 0 Å². The summed E-state index contributed by atoms with van der Waals surface area (Å²) in [5.74, 6) is -1.39. The summed E-state index contributed by atoms with van der Waals surface area (Å²) in [4.78, 5) is 24.9. The number of rotatable bonds is 7. The SMILES string of the molecule is CCOC(=O)c1sc2cccc(F)c2c1COC(=O)C[C@H](C)c1ccccc1. The molecule has 6 heteroatoms. The Kier molecular flexibility index (Phi) is 6.41. The summed E-state index contributed by atoms with van der Waals surface area (Å²) in [6.07, 6.45) is 0.198. The summed E-state index contributed by atoms with van der Waals surface area (Å²) < 4.78 is 25.5. The van der Waals surface area contributed by atoms with Gasteiger partial charge in [0, 0.05) is 15.6 Å². The molecule has 4 nitrogen and oxygen atoms in total. The second-order valence-electron chi connectivity index (χ2n) is 6.42. The van der Waals surface area contributed by atoms with Crippen molar-refractivity contribution < 1.29 is 23.5 Å². The predicted molar refractivity (Wildman–Crippen MR) is 107 cm³/mol. The summed E-state index contributed by atoms with van der Waals surface area (Å²) in [6, 6.07) is 14.3. The largest absolute Gasteiger partial charge is 0.462 e. The van der Waals surface area contributed by atoms with Crippen LogP contribution in [0.5, 0.6) is 0 Å². The normalized spacial score (nSPS) is 12.0. The molecule has 1 atom stereocenters. The van der Waals surface area contributed by atoms with E-state index in [1.54, 1.807) is 19.1 Å². The Balaban J connectivity index is 1.78. The lowest BCUT2D eigenvalue weighted by molar-refractivity contribution is -0.145. The molecular weight excluding hydrogens is 379 g/mol. The van der Waals surface area contributed by atoms with Crippen molar-refractivity contribution in [3.05, 3.63) is 70.4 Å². The molecule has 0 aliphatic heterocycles. The Labute approximate surface area is 166 Å². The number of thiophene rings is 1. The lowest BCUT2D eigenvalue weighted by Gasteiger charge is -2.12. The van der Waals surface area contributed by atoms with Gasteiger partial charge < -0.3 is 9.47 Å². The van der Waals surface area contributed by atoms with E-state index in [9.17, 15) is 14.0 Å². The minimum Gasteiger partial charge on any atom is -0.462 e. The van der Waals surface area contributed by atoms with E-state index in [0.717, 1.165) is 16.9 Å². The number of carbonyl (C=O) groups excluding carboxylic acids is 2. The highest BCUT2D eigenvalue weighted by Gasteiger charge is 2.23. The number of esters is 2. The quantitative estimate of drug-likeness (QED) is 0.495. The monoisotopic (exact) mass is 400 g/mol. The van der Waals surface area contributed by atoms with E-state index in [0.29, 0.717) is 15.6 Å². The van der Waals surface area contributed by atoms with Gasteiger partial charge in [-0.2, -0.15) is 0 Å². The highest BCUT2D eigenvalue weighted by atomic mass is 32.1. The van der Waals surface area contributed by atoms with Crippen LogP contribution in [0, 0.1) is 5.82 Å². The molecule has 146 valence electrons. The maximum atomic E-state index is 14.4. The van der Waals surface area contributed by atoms with Gasteiger partial charge in [-0.15, -0.1) is 11.3 Å². The van der Waals surface area contributed by atoms with E-state index in [1.807, 2.05) is 37.3 Å². The van der Waals surface area contributed by atoms with Gasteiger partial charge in [-0.25, -0.2) is 9.18 Å². The minimum absolute atomic E-state index is 0.00539. The van der Waals surface area contributed by atoms with Crippen LogP contribution < -0.4 is 0 Å². The van der Waals surface area contributed by atoms with Crippen LogP contribution >= 0.6 is 11.3 Å². The Morgan fingerprint density at radius 1 is 1.07 bits per heavy atom. The van der Waals surface area contributed by atoms with Gasteiger partial charge in [0.25, 0.3) is 0 Å². The zero-order chi connectivity index (χ0) is 20.1. The van der Waals surface area contributed by atoms with Gasteiger partial charge in [0.05, 0.1) is 13.0 Å². The third-order valence-corrected chi connectivity index (χ3v) is 5.62. The molecule has 3 rings (SSSR count). The molecule has 0 fully saturated rings.